The van der Waals surface area contributed by atoms with Crippen LogP contribution >= 0.6 is 23.2 Å². The fourth-order valence-corrected chi connectivity index (χ4v) is 2.06. The molecule has 0 heterocycles. The summed E-state index contributed by atoms with van der Waals surface area (Å²) in [6.45, 7) is 0. The Kier molecular flexibility index (Phi) is 2.75. The van der Waals surface area contributed by atoms with Crippen molar-refractivity contribution in [3.05, 3.63) is 23.3 Å². The molecule has 0 aromatic carbocycles. The minimum atomic E-state index is -4.85. The molecule has 74 valence electrons. The molecular formula is C6H5Cl2O4S-. The van der Waals surface area contributed by atoms with Crippen molar-refractivity contribution in [3.8, 4) is 0 Å². The normalized spacial score (nSPS) is 34.5. The van der Waals surface area contributed by atoms with Crippen LogP contribution in [0, 0.1) is 0 Å². The molecule has 0 bridgehead atoms. The van der Waals surface area contributed by atoms with Gasteiger partial charge in [-0.2, -0.15) is 0 Å². The molecule has 0 saturated carbocycles. The van der Waals surface area contributed by atoms with E-state index in [2.05, 4.69) is 0 Å². The lowest BCUT2D eigenvalue weighted by atomic mass is 10.1. The molecule has 0 radical (unpaired) electrons. The lowest BCUT2D eigenvalue weighted by Gasteiger charge is -2.32. The Balaban J connectivity index is 3.23. The molecule has 1 aliphatic carbocycles. The van der Waals surface area contributed by atoms with Gasteiger partial charge >= 0.3 is 0 Å². The Hall–Kier alpha value is -0.0700. The highest BCUT2D eigenvalue weighted by Crippen LogP contribution is 2.35. The second-order valence-electron chi connectivity index (χ2n) is 2.47. The molecule has 0 amide bonds. The van der Waals surface area contributed by atoms with Gasteiger partial charge in [0.25, 0.3) is 0 Å². The standard InChI is InChI=1S/C6H6Cl2O4S/c7-4-2-1-3-6(8,5(4)9)13(10,11)12/h1-3,5,9H,(H,10,11,12)/p-1. The Labute approximate surface area is 85.2 Å². The highest BCUT2D eigenvalue weighted by molar-refractivity contribution is 7.88. The zero-order chi connectivity index (χ0) is 10.3. The molecule has 0 saturated heterocycles. The zero-order valence-electron chi connectivity index (χ0n) is 6.15. The van der Waals surface area contributed by atoms with Crippen LogP contribution in [-0.2, 0) is 10.1 Å². The summed E-state index contributed by atoms with van der Waals surface area (Å²) in [5.41, 5.74) is 0. The number of halogens is 2. The predicted molar refractivity (Wildman–Crippen MR) is 47.4 cm³/mol. The molecule has 0 aromatic heterocycles. The molecule has 4 nitrogen and oxygen atoms in total. The van der Waals surface area contributed by atoms with Gasteiger partial charge in [-0.1, -0.05) is 29.3 Å². The first-order valence-electron chi connectivity index (χ1n) is 3.16. The summed E-state index contributed by atoms with van der Waals surface area (Å²) < 4.78 is 29.6. The molecule has 2 atom stereocenters. The zero-order valence-corrected chi connectivity index (χ0v) is 8.47. The Morgan fingerprint density at radius 1 is 1.62 bits per heavy atom. The fourth-order valence-electron chi connectivity index (χ4n) is 0.862. The van der Waals surface area contributed by atoms with Crippen molar-refractivity contribution in [1.29, 1.82) is 0 Å². The quantitative estimate of drug-likeness (QED) is 0.538. The van der Waals surface area contributed by atoms with E-state index < -0.39 is 20.4 Å². The summed E-state index contributed by atoms with van der Waals surface area (Å²) in [5, 5.41) is 9.09. The number of aliphatic hydroxyl groups excluding tert-OH is 1. The largest absolute Gasteiger partial charge is 0.746 e. The van der Waals surface area contributed by atoms with Gasteiger partial charge in [-0.25, -0.2) is 8.42 Å². The molecule has 0 aromatic rings. The van der Waals surface area contributed by atoms with Crippen LogP contribution in [0.3, 0.4) is 0 Å². The maximum absolute atomic E-state index is 10.7. The lowest BCUT2D eigenvalue weighted by Crippen LogP contribution is -2.43. The third-order valence-electron chi connectivity index (χ3n) is 1.60. The van der Waals surface area contributed by atoms with Gasteiger partial charge in [0, 0.05) is 5.03 Å². The highest BCUT2D eigenvalue weighted by Gasteiger charge is 2.43. The third-order valence-corrected chi connectivity index (χ3v) is 3.95. The van der Waals surface area contributed by atoms with Crippen LogP contribution in [0.5, 0.6) is 0 Å². The van der Waals surface area contributed by atoms with E-state index in [1.807, 2.05) is 0 Å². The van der Waals surface area contributed by atoms with Gasteiger partial charge in [-0.3, -0.25) is 0 Å². The highest BCUT2D eigenvalue weighted by atomic mass is 35.5. The molecule has 7 heteroatoms. The first-order valence-corrected chi connectivity index (χ1v) is 5.33. The van der Waals surface area contributed by atoms with E-state index in [0.717, 1.165) is 6.08 Å². The van der Waals surface area contributed by atoms with E-state index in [0.29, 0.717) is 0 Å². The van der Waals surface area contributed by atoms with Gasteiger partial charge in [-0.15, -0.1) is 0 Å². The Bertz CT molecular complexity index is 372. The Morgan fingerprint density at radius 2 is 2.15 bits per heavy atom. The monoisotopic (exact) mass is 243 g/mol. The molecule has 1 rings (SSSR count). The molecular weight excluding hydrogens is 239 g/mol. The lowest BCUT2D eigenvalue weighted by molar-refractivity contribution is 0.205. The summed E-state index contributed by atoms with van der Waals surface area (Å²) in [4.78, 5) is 0. The van der Waals surface area contributed by atoms with Crippen molar-refractivity contribution in [3.63, 3.8) is 0 Å². The van der Waals surface area contributed by atoms with Crippen molar-refractivity contribution in [2.45, 2.75) is 10.3 Å². The van der Waals surface area contributed by atoms with E-state index in [4.69, 9.17) is 23.2 Å². The van der Waals surface area contributed by atoms with Gasteiger partial charge in [0.15, 0.2) is 4.21 Å². The summed E-state index contributed by atoms with van der Waals surface area (Å²) in [5.74, 6) is 0. The molecule has 2 unspecified atom stereocenters. The molecule has 0 spiro atoms. The minimum absolute atomic E-state index is 0.183. The van der Waals surface area contributed by atoms with Crippen LogP contribution in [0.25, 0.3) is 0 Å². The first kappa shape index (κ1) is 11.0. The van der Waals surface area contributed by atoms with E-state index in [-0.39, 0.29) is 5.03 Å². The summed E-state index contributed by atoms with van der Waals surface area (Å²) in [6.07, 6.45) is 1.64. The SMILES string of the molecule is O=S(=O)([O-])C1(Cl)C=CC=C(Cl)C1O. The number of aliphatic hydroxyl groups is 1. The van der Waals surface area contributed by atoms with Crippen LogP contribution in [0.15, 0.2) is 23.3 Å². The van der Waals surface area contributed by atoms with E-state index >= 15 is 0 Å². The third kappa shape index (κ3) is 1.75. The maximum Gasteiger partial charge on any atom is 0.183 e. The van der Waals surface area contributed by atoms with Crippen LogP contribution in [-0.4, -0.2) is 28.4 Å². The molecule has 13 heavy (non-hydrogen) atoms. The topological polar surface area (TPSA) is 77.4 Å². The van der Waals surface area contributed by atoms with Gasteiger partial charge in [-0.05, 0) is 12.2 Å². The molecule has 1 N–H and O–H groups in total. The van der Waals surface area contributed by atoms with Gasteiger partial charge in [0.1, 0.15) is 16.2 Å². The van der Waals surface area contributed by atoms with E-state index in [9.17, 15) is 18.1 Å². The van der Waals surface area contributed by atoms with Crippen molar-refractivity contribution >= 4 is 33.3 Å². The fraction of sp³-hybridized carbons (Fsp3) is 0.333. The maximum atomic E-state index is 10.7. The van der Waals surface area contributed by atoms with E-state index in [1.54, 1.807) is 0 Å². The summed E-state index contributed by atoms with van der Waals surface area (Å²) >= 11 is 10.9. The predicted octanol–water partition coefficient (Wildman–Crippen LogP) is 0.520. The average Bonchev–Trinajstić information content (AvgIpc) is 1.98. The van der Waals surface area contributed by atoms with Gasteiger partial charge in [0.05, 0.1) is 0 Å². The average molecular weight is 244 g/mol. The molecule has 1 aliphatic rings. The number of allylic oxidation sites excluding steroid dienone is 2. The number of hydrogen-bond donors (Lipinski definition) is 1. The van der Waals surface area contributed by atoms with Crippen LogP contribution in [0.1, 0.15) is 0 Å². The molecule has 0 fully saturated rings. The first-order chi connectivity index (χ1) is 5.79. The molecule has 0 aliphatic heterocycles. The van der Waals surface area contributed by atoms with E-state index in [1.165, 1.54) is 12.2 Å². The van der Waals surface area contributed by atoms with Crippen LogP contribution < -0.4 is 0 Å². The smallest absolute Gasteiger partial charge is 0.183 e. The number of rotatable bonds is 1. The second-order valence-corrected chi connectivity index (χ2v) is 5.33. The van der Waals surface area contributed by atoms with Crippen molar-refractivity contribution in [2.75, 3.05) is 0 Å². The van der Waals surface area contributed by atoms with Crippen molar-refractivity contribution < 1.29 is 18.1 Å². The summed E-state index contributed by atoms with van der Waals surface area (Å²) in [7, 11) is -4.85. The van der Waals surface area contributed by atoms with Crippen LogP contribution in [0.4, 0.5) is 0 Å². The van der Waals surface area contributed by atoms with Gasteiger partial charge < -0.3 is 9.66 Å². The second kappa shape index (κ2) is 3.25. The van der Waals surface area contributed by atoms with Gasteiger partial charge in [0.2, 0.25) is 0 Å². The summed E-state index contributed by atoms with van der Waals surface area (Å²) in [6, 6.07) is 0. The van der Waals surface area contributed by atoms with Crippen molar-refractivity contribution in [1.82, 2.24) is 0 Å². The number of alkyl halides is 1. The Morgan fingerprint density at radius 3 is 2.54 bits per heavy atom. The minimum Gasteiger partial charge on any atom is -0.746 e. The van der Waals surface area contributed by atoms with Crippen LogP contribution in [0.2, 0.25) is 0 Å². The van der Waals surface area contributed by atoms with Crippen molar-refractivity contribution in [2.24, 2.45) is 0 Å². The number of hydrogen-bond acceptors (Lipinski definition) is 4.